The van der Waals surface area contributed by atoms with Crippen molar-refractivity contribution in [3.63, 3.8) is 0 Å². The molecule has 4 nitrogen and oxygen atoms in total. The molecule has 0 aliphatic carbocycles. The first kappa shape index (κ1) is 12.6. The molecule has 0 saturated carbocycles. The van der Waals surface area contributed by atoms with Gasteiger partial charge < -0.3 is 11.1 Å². The Morgan fingerprint density at radius 3 is 2.83 bits per heavy atom. The van der Waals surface area contributed by atoms with Crippen LogP contribution in [0.1, 0.15) is 18.1 Å². The van der Waals surface area contributed by atoms with Gasteiger partial charge in [-0.05, 0) is 31.0 Å². The lowest BCUT2D eigenvalue weighted by Gasteiger charge is -2.13. The average Bonchev–Trinajstić information content (AvgIpc) is 2.35. The van der Waals surface area contributed by atoms with Crippen LogP contribution in [-0.4, -0.2) is 9.97 Å². The number of benzene rings is 1. The lowest BCUT2D eigenvalue weighted by atomic mass is 10.1. The number of hydrogen-bond donors (Lipinski definition) is 2. The van der Waals surface area contributed by atoms with E-state index in [1.165, 1.54) is 6.33 Å². The van der Waals surface area contributed by atoms with Crippen molar-refractivity contribution < 1.29 is 0 Å². The Morgan fingerprint density at radius 1 is 1.33 bits per heavy atom. The average molecular weight is 263 g/mol. The first-order valence-electron chi connectivity index (χ1n) is 5.75. The van der Waals surface area contributed by atoms with Gasteiger partial charge >= 0.3 is 0 Å². The predicted octanol–water partition coefficient (Wildman–Crippen LogP) is 3.33. The molecule has 0 aliphatic rings. The van der Waals surface area contributed by atoms with Gasteiger partial charge in [-0.25, -0.2) is 9.97 Å². The fraction of sp³-hybridized carbons (Fsp3) is 0.231. The summed E-state index contributed by atoms with van der Waals surface area (Å²) in [6, 6.07) is 5.71. The van der Waals surface area contributed by atoms with E-state index in [9.17, 15) is 0 Å². The Balaban J connectivity index is 2.40. The van der Waals surface area contributed by atoms with E-state index >= 15 is 0 Å². The number of rotatable bonds is 3. The molecule has 1 aromatic carbocycles. The van der Waals surface area contributed by atoms with Crippen molar-refractivity contribution in [1.29, 1.82) is 0 Å². The minimum absolute atomic E-state index is 0.509. The normalized spacial score (nSPS) is 10.4. The van der Waals surface area contributed by atoms with Gasteiger partial charge in [0.05, 0.1) is 0 Å². The number of nitrogens with zero attached hydrogens (tertiary/aromatic N) is 2. The highest BCUT2D eigenvalue weighted by molar-refractivity contribution is 6.31. The van der Waals surface area contributed by atoms with Crippen LogP contribution in [-0.2, 0) is 6.42 Å². The number of nitrogens with one attached hydrogen (secondary N) is 1. The summed E-state index contributed by atoms with van der Waals surface area (Å²) in [4.78, 5) is 8.22. The second-order valence-electron chi connectivity index (χ2n) is 3.98. The fourth-order valence-corrected chi connectivity index (χ4v) is 1.93. The zero-order valence-electron chi connectivity index (χ0n) is 10.4. The molecule has 3 N–H and O–H groups in total. The van der Waals surface area contributed by atoms with Crippen LogP contribution in [0.4, 0.5) is 17.3 Å². The van der Waals surface area contributed by atoms with Crippen LogP contribution >= 0.6 is 11.6 Å². The van der Waals surface area contributed by atoms with Crippen LogP contribution in [0.2, 0.25) is 5.02 Å². The van der Waals surface area contributed by atoms with E-state index in [0.717, 1.165) is 34.1 Å². The Bertz CT molecular complexity index is 569. The molecule has 0 spiro atoms. The Hall–Kier alpha value is -1.81. The molecule has 2 rings (SSSR count). The largest absolute Gasteiger partial charge is 0.383 e. The van der Waals surface area contributed by atoms with Crippen LogP contribution in [0.25, 0.3) is 0 Å². The van der Waals surface area contributed by atoms with E-state index in [-0.39, 0.29) is 0 Å². The van der Waals surface area contributed by atoms with Gasteiger partial charge in [-0.15, -0.1) is 0 Å². The van der Waals surface area contributed by atoms with Crippen molar-refractivity contribution in [3.05, 3.63) is 40.7 Å². The molecule has 1 heterocycles. The molecule has 0 fully saturated rings. The van der Waals surface area contributed by atoms with Gasteiger partial charge in [0.15, 0.2) is 0 Å². The summed E-state index contributed by atoms with van der Waals surface area (Å²) in [5.41, 5.74) is 8.66. The fourth-order valence-electron chi connectivity index (χ4n) is 1.75. The summed E-state index contributed by atoms with van der Waals surface area (Å²) in [6.45, 7) is 3.98. The van der Waals surface area contributed by atoms with Gasteiger partial charge in [0.25, 0.3) is 0 Å². The van der Waals surface area contributed by atoms with Crippen molar-refractivity contribution in [2.24, 2.45) is 0 Å². The third kappa shape index (κ3) is 2.38. The van der Waals surface area contributed by atoms with E-state index in [0.29, 0.717) is 5.82 Å². The zero-order valence-corrected chi connectivity index (χ0v) is 11.1. The second kappa shape index (κ2) is 5.23. The summed E-state index contributed by atoms with van der Waals surface area (Å²) >= 11 is 6.09. The third-order valence-corrected chi connectivity index (χ3v) is 3.26. The van der Waals surface area contributed by atoms with Gasteiger partial charge in [0, 0.05) is 16.3 Å². The Kier molecular flexibility index (Phi) is 3.67. The number of hydrogen-bond acceptors (Lipinski definition) is 4. The first-order chi connectivity index (χ1) is 8.63. The maximum atomic E-state index is 6.09. The standard InChI is InChI=1S/C13H15ClN4/c1-3-9-12(15)16-7-17-13(9)18-11-6-4-5-10(14)8(11)2/h4-7H,3H2,1-2H3,(H3,15,16,17,18). The third-order valence-electron chi connectivity index (χ3n) is 2.85. The van der Waals surface area contributed by atoms with E-state index < -0.39 is 0 Å². The van der Waals surface area contributed by atoms with Crippen molar-refractivity contribution >= 4 is 28.9 Å². The van der Waals surface area contributed by atoms with Crippen molar-refractivity contribution in [1.82, 2.24) is 9.97 Å². The molecule has 0 aliphatic heterocycles. The van der Waals surface area contributed by atoms with Gasteiger partial charge in [-0.1, -0.05) is 24.6 Å². The van der Waals surface area contributed by atoms with Crippen LogP contribution < -0.4 is 11.1 Å². The molecular weight excluding hydrogens is 248 g/mol. The zero-order chi connectivity index (χ0) is 13.1. The SMILES string of the molecule is CCc1c(N)ncnc1Nc1cccc(Cl)c1C. The number of halogens is 1. The molecule has 0 unspecified atom stereocenters. The number of nitrogen functional groups attached to an aromatic ring is 1. The summed E-state index contributed by atoms with van der Waals surface area (Å²) in [6.07, 6.45) is 2.23. The minimum Gasteiger partial charge on any atom is -0.383 e. The summed E-state index contributed by atoms with van der Waals surface area (Å²) in [5.74, 6) is 1.24. The lowest BCUT2D eigenvalue weighted by Crippen LogP contribution is -2.05. The molecule has 1 aromatic heterocycles. The first-order valence-corrected chi connectivity index (χ1v) is 6.12. The van der Waals surface area contributed by atoms with Crippen LogP contribution in [0.3, 0.4) is 0 Å². The van der Waals surface area contributed by atoms with E-state index in [4.69, 9.17) is 17.3 Å². The van der Waals surface area contributed by atoms with E-state index in [1.54, 1.807) is 0 Å². The molecule has 0 radical (unpaired) electrons. The van der Waals surface area contributed by atoms with E-state index in [2.05, 4.69) is 15.3 Å². The maximum Gasteiger partial charge on any atom is 0.139 e. The number of nitrogens with two attached hydrogens (primary N) is 1. The van der Waals surface area contributed by atoms with E-state index in [1.807, 2.05) is 32.0 Å². The summed E-state index contributed by atoms with van der Waals surface area (Å²) < 4.78 is 0. The minimum atomic E-state index is 0.509. The summed E-state index contributed by atoms with van der Waals surface area (Å²) in [7, 11) is 0. The Labute approximate surface area is 111 Å². The van der Waals surface area contributed by atoms with Gasteiger partial charge in [-0.2, -0.15) is 0 Å². The van der Waals surface area contributed by atoms with Crippen LogP contribution in [0, 0.1) is 6.92 Å². The second-order valence-corrected chi connectivity index (χ2v) is 4.38. The highest BCUT2D eigenvalue weighted by atomic mass is 35.5. The van der Waals surface area contributed by atoms with Crippen LogP contribution in [0.15, 0.2) is 24.5 Å². The lowest BCUT2D eigenvalue weighted by molar-refractivity contribution is 1.06. The van der Waals surface area contributed by atoms with Crippen LogP contribution in [0.5, 0.6) is 0 Å². The maximum absolute atomic E-state index is 6.09. The number of anilines is 3. The molecular formula is C13H15ClN4. The molecule has 18 heavy (non-hydrogen) atoms. The number of aromatic nitrogens is 2. The van der Waals surface area contributed by atoms with Gasteiger partial charge in [-0.3, -0.25) is 0 Å². The van der Waals surface area contributed by atoms with Crippen molar-refractivity contribution in [3.8, 4) is 0 Å². The van der Waals surface area contributed by atoms with Gasteiger partial charge in [0.1, 0.15) is 18.0 Å². The Morgan fingerprint density at radius 2 is 2.11 bits per heavy atom. The monoisotopic (exact) mass is 262 g/mol. The molecule has 0 saturated heterocycles. The molecule has 94 valence electrons. The molecule has 5 heteroatoms. The topological polar surface area (TPSA) is 63.8 Å². The summed E-state index contributed by atoms with van der Waals surface area (Å²) in [5, 5.41) is 3.98. The molecule has 0 atom stereocenters. The van der Waals surface area contributed by atoms with Crippen molar-refractivity contribution in [2.75, 3.05) is 11.1 Å². The quantitative estimate of drug-likeness (QED) is 0.891. The van der Waals surface area contributed by atoms with Gasteiger partial charge in [0.2, 0.25) is 0 Å². The van der Waals surface area contributed by atoms with Crippen molar-refractivity contribution in [2.45, 2.75) is 20.3 Å². The highest BCUT2D eigenvalue weighted by Crippen LogP contribution is 2.27. The predicted molar refractivity (Wildman–Crippen MR) is 75.3 cm³/mol. The molecule has 0 amide bonds. The smallest absolute Gasteiger partial charge is 0.139 e. The molecule has 2 aromatic rings. The highest BCUT2D eigenvalue weighted by Gasteiger charge is 2.09. The molecule has 0 bridgehead atoms.